The molecule has 2 aliphatic carbocycles. The van der Waals surface area contributed by atoms with E-state index >= 15 is 0 Å². The Morgan fingerprint density at radius 2 is 2.09 bits per heavy atom. The summed E-state index contributed by atoms with van der Waals surface area (Å²) in [7, 11) is 0. The van der Waals surface area contributed by atoms with E-state index in [9.17, 15) is 19.5 Å². The number of aromatic hydroxyl groups is 1. The van der Waals surface area contributed by atoms with Crippen molar-refractivity contribution in [1.82, 2.24) is 19.8 Å². The lowest BCUT2D eigenvalue weighted by atomic mass is 10.1. The first-order valence-electron chi connectivity index (χ1n) is 12.0. The van der Waals surface area contributed by atoms with Gasteiger partial charge < -0.3 is 20.1 Å². The zero-order chi connectivity index (χ0) is 24.2. The van der Waals surface area contributed by atoms with Gasteiger partial charge in [0.05, 0.1) is 36.6 Å². The van der Waals surface area contributed by atoms with Gasteiger partial charge in [0.1, 0.15) is 0 Å². The topological polar surface area (TPSA) is 120 Å². The van der Waals surface area contributed by atoms with Gasteiger partial charge in [-0.05, 0) is 44.6 Å². The third kappa shape index (κ3) is 3.89. The van der Waals surface area contributed by atoms with Gasteiger partial charge in [-0.2, -0.15) is 4.57 Å². The molecule has 34 heavy (non-hydrogen) atoms. The van der Waals surface area contributed by atoms with E-state index in [1.807, 2.05) is 18.7 Å². The molecule has 3 fully saturated rings. The minimum atomic E-state index is -0.621. The lowest BCUT2D eigenvalue weighted by Crippen LogP contribution is -2.50. The zero-order valence-corrected chi connectivity index (χ0v) is 19.9. The van der Waals surface area contributed by atoms with Crippen molar-refractivity contribution < 1.29 is 24.0 Å². The lowest BCUT2D eigenvalue weighted by molar-refractivity contribution is -0.686. The van der Waals surface area contributed by atoms with E-state index in [1.165, 1.54) is 10.6 Å². The second-order valence-corrected chi connectivity index (χ2v) is 10.2. The second kappa shape index (κ2) is 8.26. The number of nitrogens with one attached hydrogen (secondary N) is 2. The smallest absolute Gasteiger partial charge is 0.378 e. The SMILES string of the molecule is Cc1[nH]n2c(=O)c(C(=O)NC3CC3)c(O)[n+](CC(C)C)c2c1/C=C/C(=O)N1CCOCC12CC2. The largest absolute Gasteiger partial charge is 0.477 e. The molecule has 3 heterocycles. The molecule has 5 rings (SSSR count). The highest BCUT2D eigenvalue weighted by Gasteiger charge is 2.51. The minimum absolute atomic E-state index is 0.0513. The van der Waals surface area contributed by atoms with Crippen LogP contribution >= 0.6 is 0 Å². The Labute approximate surface area is 197 Å². The predicted molar refractivity (Wildman–Crippen MR) is 123 cm³/mol. The summed E-state index contributed by atoms with van der Waals surface area (Å²) in [5.74, 6) is -0.893. The first kappa shape index (κ1) is 22.6. The number of carbonyl (C=O) groups excluding carboxylic acids is 2. The number of rotatable bonds is 6. The third-order valence-corrected chi connectivity index (χ3v) is 6.86. The number of aromatic amines is 1. The molecule has 1 saturated heterocycles. The maximum absolute atomic E-state index is 13.3. The average Bonchev–Trinajstić information content (AvgIpc) is 3.71. The quantitative estimate of drug-likeness (QED) is 0.428. The lowest BCUT2D eigenvalue weighted by Gasteiger charge is -2.35. The molecule has 2 aromatic heterocycles. The van der Waals surface area contributed by atoms with Gasteiger partial charge in [-0.3, -0.25) is 9.59 Å². The van der Waals surface area contributed by atoms with Crippen LogP contribution in [0.1, 0.15) is 61.1 Å². The molecule has 2 amide bonds. The highest BCUT2D eigenvalue weighted by atomic mass is 16.5. The maximum atomic E-state index is 13.3. The normalized spacial score (nSPS) is 19.5. The highest BCUT2D eigenvalue weighted by molar-refractivity contribution is 5.96. The van der Waals surface area contributed by atoms with Gasteiger partial charge in [-0.25, -0.2) is 9.89 Å². The van der Waals surface area contributed by atoms with E-state index in [0.29, 0.717) is 43.2 Å². The third-order valence-electron chi connectivity index (χ3n) is 6.86. The van der Waals surface area contributed by atoms with Gasteiger partial charge in [0.15, 0.2) is 0 Å². The van der Waals surface area contributed by atoms with E-state index < -0.39 is 11.5 Å². The Morgan fingerprint density at radius 1 is 1.35 bits per heavy atom. The van der Waals surface area contributed by atoms with Crippen molar-refractivity contribution in [2.24, 2.45) is 5.92 Å². The number of ether oxygens (including phenoxy) is 1. The summed E-state index contributed by atoms with van der Waals surface area (Å²) in [5, 5.41) is 16.9. The van der Waals surface area contributed by atoms with Crippen LogP contribution in [-0.2, 0) is 16.1 Å². The fraction of sp³-hybridized carbons (Fsp3) is 0.583. The molecule has 0 radical (unpaired) electrons. The number of amides is 2. The molecule has 10 nitrogen and oxygen atoms in total. The number of hydrogen-bond donors (Lipinski definition) is 3. The predicted octanol–water partition coefficient (Wildman–Crippen LogP) is 0.882. The molecule has 1 aliphatic heterocycles. The van der Waals surface area contributed by atoms with E-state index in [-0.39, 0.29) is 34.8 Å². The van der Waals surface area contributed by atoms with Crippen LogP contribution in [-0.4, -0.2) is 62.8 Å². The number of aryl methyl sites for hydroxylation is 1. The summed E-state index contributed by atoms with van der Waals surface area (Å²) in [6.07, 6.45) is 6.85. The molecule has 0 aromatic carbocycles. The number of morpholine rings is 1. The molecule has 3 N–H and O–H groups in total. The number of aromatic nitrogens is 3. The summed E-state index contributed by atoms with van der Waals surface area (Å²) in [6.45, 7) is 7.82. The maximum Gasteiger partial charge on any atom is 0.378 e. The molecular formula is C24H32N5O5+. The second-order valence-electron chi connectivity index (χ2n) is 10.2. The molecule has 0 unspecified atom stereocenters. The van der Waals surface area contributed by atoms with Crippen LogP contribution < -0.4 is 15.4 Å². The summed E-state index contributed by atoms with van der Waals surface area (Å²) < 4.78 is 8.44. The molecule has 2 saturated carbocycles. The Bertz CT molecular complexity index is 1250. The van der Waals surface area contributed by atoms with Crippen LogP contribution in [0.15, 0.2) is 10.9 Å². The zero-order valence-electron chi connectivity index (χ0n) is 19.9. The molecule has 3 aliphatic rings. The van der Waals surface area contributed by atoms with E-state index in [2.05, 4.69) is 10.4 Å². The van der Waals surface area contributed by atoms with Crippen molar-refractivity contribution in [2.75, 3.05) is 19.8 Å². The van der Waals surface area contributed by atoms with Crippen molar-refractivity contribution in [3.8, 4) is 5.88 Å². The molecular weight excluding hydrogens is 438 g/mol. The van der Waals surface area contributed by atoms with Gasteiger partial charge >= 0.3 is 17.1 Å². The number of fused-ring (bicyclic) bond motifs is 1. The van der Waals surface area contributed by atoms with E-state index in [0.717, 1.165) is 25.7 Å². The van der Waals surface area contributed by atoms with Crippen molar-refractivity contribution in [2.45, 2.75) is 64.6 Å². The summed E-state index contributed by atoms with van der Waals surface area (Å²) in [5.41, 5.74) is 0.621. The molecule has 0 atom stereocenters. The molecule has 182 valence electrons. The standard InChI is InChI=1S/C24H31N5O5/c1-14(2)12-27-21-17(6-7-18(30)28-10-11-34-13-24(28)8-9-24)15(3)26-29(21)23(33)19(22(27)32)20(31)25-16-4-5-16/h6-7,14,16H,4-5,8-13H2,1-3H3,(H2,25,31,32,33)/p+1/b7-6+. The van der Waals surface area contributed by atoms with Crippen LogP contribution in [0.25, 0.3) is 11.7 Å². The average molecular weight is 471 g/mol. The number of carbonyl (C=O) groups is 2. The molecule has 2 aromatic rings. The van der Waals surface area contributed by atoms with Crippen LogP contribution in [0.2, 0.25) is 0 Å². The number of H-pyrrole nitrogens is 1. The van der Waals surface area contributed by atoms with Crippen molar-refractivity contribution in [3.05, 3.63) is 33.3 Å². The Balaban J connectivity index is 1.57. The Kier molecular flexibility index (Phi) is 5.50. The number of nitrogens with zero attached hydrogens (tertiary/aromatic N) is 3. The summed E-state index contributed by atoms with van der Waals surface area (Å²) >= 11 is 0. The van der Waals surface area contributed by atoms with Crippen LogP contribution in [0.4, 0.5) is 0 Å². The fourth-order valence-corrected chi connectivity index (χ4v) is 4.73. The summed E-state index contributed by atoms with van der Waals surface area (Å²) in [6, 6.07) is 0.0513. The van der Waals surface area contributed by atoms with Gasteiger partial charge in [-0.15, -0.1) is 0 Å². The van der Waals surface area contributed by atoms with Crippen LogP contribution in [0.5, 0.6) is 5.88 Å². The monoisotopic (exact) mass is 470 g/mol. The van der Waals surface area contributed by atoms with Gasteiger partial charge in [0, 0.05) is 18.7 Å². The highest BCUT2D eigenvalue weighted by Crippen LogP contribution is 2.43. The first-order valence-corrected chi connectivity index (χ1v) is 12.0. The molecule has 1 spiro atoms. The summed E-state index contributed by atoms with van der Waals surface area (Å²) in [4.78, 5) is 41.0. The van der Waals surface area contributed by atoms with E-state index in [4.69, 9.17) is 4.74 Å². The molecule has 10 heteroatoms. The fourth-order valence-electron chi connectivity index (χ4n) is 4.73. The Hall–Kier alpha value is -3.14. The van der Waals surface area contributed by atoms with Gasteiger partial charge in [-0.1, -0.05) is 18.4 Å². The van der Waals surface area contributed by atoms with Gasteiger partial charge in [0.2, 0.25) is 11.5 Å². The Morgan fingerprint density at radius 3 is 2.74 bits per heavy atom. The van der Waals surface area contributed by atoms with Crippen LogP contribution in [0.3, 0.4) is 0 Å². The first-order chi connectivity index (χ1) is 16.2. The number of hydrogen-bond acceptors (Lipinski definition) is 5. The minimum Gasteiger partial charge on any atom is -0.477 e. The van der Waals surface area contributed by atoms with Crippen molar-refractivity contribution in [1.29, 1.82) is 0 Å². The van der Waals surface area contributed by atoms with Gasteiger partial charge in [0.25, 0.3) is 5.91 Å². The van der Waals surface area contributed by atoms with E-state index in [1.54, 1.807) is 17.6 Å². The molecule has 0 bridgehead atoms. The van der Waals surface area contributed by atoms with Crippen molar-refractivity contribution in [3.63, 3.8) is 0 Å². The van der Waals surface area contributed by atoms with Crippen molar-refractivity contribution >= 4 is 23.5 Å². The van der Waals surface area contributed by atoms with Crippen LogP contribution in [0, 0.1) is 12.8 Å².